The van der Waals surface area contributed by atoms with E-state index >= 15 is 0 Å². The maximum atomic E-state index is 12.1. The Labute approximate surface area is 132 Å². The maximum absolute atomic E-state index is 12.1. The van der Waals surface area contributed by atoms with Gasteiger partial charge in [-0.05, 0) is 33.3 Å². The van der Waals surface area contributed by atoms with Crippen LogP contribution in [0.4, 0.5) is 0 Å². The zero-order chi connectivity index (χ0) is 12.8. The third kappa shape index (κ3) is 4.76. The second-order valence-corrected chi connectivity index (χ2v) is 5.67. The molecule has 6 heteroatoms. The van der Waals surface area contributed by atoms with Crippen LogP contribution < -0.4 is 4.74 Å². The number of hydrogen-bond acceptors (Lipinski definition) is 2. The summed E-state index contributed by atoms with van der Waals surface area (Å²) in [6, 6.07) is 3.26. The molecule has 0 aromatic heterocycles. The minimum Gasteiger partial charge on any atom is -0.494 e. The van der Waals surface area contributed by atoms with E-state index in [-0.39, 0.29) is 33.0 Å². The third-order valence-corrected chi connectivity index (χ3v) is 4.09. The van der Waals surface area contributed by atoms with Gasteiger partial charge in [-0.15, -0.1) is 0 Å². The zero-order valence-corrected chi connectivity index (χ0v) is 13.4. The average molecular weight is 300 g/mol. The van der Waals surface area contributed by atoms with E-state index in [2.05, 4.69) is 6.92 Å². The molecule has 1 unspecified atom stereocenters. The first-order chi connectivity index (χ1) is 8.11. The Morgan fingerprint density at radius 1 is 1.33 bits per heavy atom. The van der Waals surface area contributed by atoms with Gasteiger partial charge in [-0.1, -0.05) is 36.5 Å². The van der Waals surface area contributed by atoms with Gasteiger partial charge in [0.1, 0.15) is 5.75 Å². The molecule has 0 bridgehead atoms. The summed E-state index contributed by atoms with van der Waals surface area (Å²) >= 11 is 12.0. The van der Waals surface area contributed by atoms with E-state index in [4.69, 9.17) is 27.9 Å². The van der Waals surface area contributed by atoms with Crippen LogP contribution in [0.3, 0.4) is 0 Å². The van der Waals surface area contributed by atoms with Crippen molar-refractivity contribution in [2.75, 3.05) is 13.3 Å². The number of halogens is 2. The topological polar surface area (TPSA) is 26.3 Å². The van der Waals surface area contributed by atoms with Gasteiger partial charge in [0.05, 0.1) is 22.7 Å². The van der Waals surface area contributed by atoms with Crippen LogP contribution in [0.15, 0.2) is 12.1 Å². The quantitative estimate of drug-likeness (QED) is 0.446. The van der Waals surface area contributed by atoms with E-state index in [0.717, 1.165) is 19.0 Å². The molecule has 1 aromatic rings. The summed E-state index contributed by atoms with van der Waals surface area (Å²) in [7, 11) is 1.71. The fourth-order valence-electron chi connectivity index (χ4n) is 1.41. The van der Waals surface area contributed by atoms with Gasteiger partial charge in [0.2, 0.25) is 0 Å². The molecule has 0 aliphatic carbocycles. The Bertz CT molecular complexity index is 413. The predicted octanol–water partition coefficient (Wildman–Crippen LogP) is 4.24. The molecule has 2 nitrogen and oxygen atoms in total. The fourth-order valence-corrected chi connectivity index (χ4v) is 3.14. The van der Waals surface area contributed by atoms with E-state index in [1.54, 1.807) is 12.1 Å². The summed E-state index contributed by atoms with van der Waals surface area (Å²) in [6.45, 7) is 2.10. The SMILES string of the molecule is CCCCPC(=O)c1c(Cl)ccc(Cl)c1OC.[Li]. The van der Waals surface area contributed by atoms with Crippen molar-refractivity contribution in [1.82, 2.24) is 0 Å². The number of benzene rings is 1. The molecule has 1 atom stereocenters. The van der Waals surface area contributed by atoms with Crippen molar-refractivity contribution in [3.8, 4) is 5.75 Å². The maximum Gasteiger partial charge on any atom is 0.186 e. The average Bonchev–Trinajstić information content (AvgIpc) is 2.31. The Balaban J connectivity index is 0.00000289. The molecular weight excluding hydrogens is 285 g/mol. The minimum atomic E-state index is 0. The van der Waals surface area contributed by atoms with Crippen LogP contribution >= 0.6 is 31.8 Å². The molecule has 1 radical (unpaired) electrons. The van der Waals surface area contributed by atoms with Gasteiger partial charge in [-0.3, -0.25) is 4.79 Å². The number of unbranched alkanes of at least 4 members (excludes halogenated alkanes) is 1. The molecule has 0 heterocycles. The minimum absolute atomic E-state index is 0. The largest absolute Gasteiger partial charge is 0.494 e. The van der Waals surface area contributed by atoms with Gasteiger partial charge in [0.15, 0.2) is 5.52 Å². The number of carbonyl (C=O) groups excluding carboxylic acids is 1. The number of methoxy groups -OCH3 is 1. The second kappa shape index (κ2) is 9.24. The third-order valence-electron chi connectivity index (χ3n) is 2.31. The smallest absolute Gasteiger partial charge is 0.186 e. The molecule has 0 aliphatic heterocycles. The van der Waals surface area contributed by atoms with Crippen LogP contribution in [0.1, 0.15) is 30.1 Å². The van der Waals surface area contributed by atoms with Gasteiger partial charge in [-0.2, -0.15) is 0 Å². The molecule has 0 aliphatic rings. The standard InChI is InChI=1S/C12H15Cl2O2P.Li/c1-3-4-7-17-12(15)10-8(13)5-6-9(14)11(10)16-2;/h5-6,17H,3-4,7H2,1-2H3;. The van der Waals surface area contributed by atoms with Crippen molar-refractivity contribution in [3.63, 3.8) is 0 Å². The van der Waals surface area contributed by atoms with Crippen LogP contribution in [0.2, 0.25) is 10.0 Å². The van der Waals surface area contributed by atoms with E-state index in [1.807, 2.05) is 0 Å². The van der Waals surface area contributed by atoms with Gasteiger partial charge in [0, 0.05) is 18.9 Å². The summed E-state index contributed by atoms with van der Waals surface area (Å²) in [6.07, 6.45) is 3.02. The molecule has 18 heavy (non-hydrogen) atoms. The molecule has 0 N–H and O–H groups in total. The Kier molecular flexibility index (Phi) is 9.39. The van der Waals surface area contributed by atoms with Crippen molar-refractivity contribution in [3.05, 3.63) is 27.7 Å². The fraction of sp³-hybridized carbons (Fsp3) is 0.417. The summed E-state index contributed by atoms with van der Waals surface area (Å²) in [4.78, 5) is 12.1. The van der Waals surface area contributed by atoms with Gasteiger partial charge in [0.25, 0.3) is 0 Å². The Morgan fingerprint density at radius 3 is 2.50 bits per heavy atom. The summed E-state index contributed by atoms with van der Waals surface area (Å²) in [5, 5.41) is 0.820. The second-order valence-electron chi connectivity index (χ2n) is 3.55. The summed E-state index contributed by atoms with van der Waals surface area (Å²) in [5.41, 5.74) is 0.430. The normalized spacial score (nSPS) is 10.4. The number of hydrogen-bond donors (Lipinski definition) is 0. The number of ether oxygens (including phenoxy) is 1. The molecule has 0 fully saturated rings. The van der Waals surface area contributed by atoms with Crippen LogP contribution in [-0.2, 0) is 0 Å². The van der Waals surface area contributed by atoms with E-state index in [1.165, 1.54) is 7.11 Å². The van der Waals surface area contributed by atoms with Crippen LogP contribution in [0.5, 0.6) is 5.75 Å². The van der Waals surface area contributed by atoms with Crippen molar-refractivity contribution in [1.29, 1.82) is 0 Å². The van der Waals surface area contributed by atoms with Gasteiger partial charge >= 0.3 is 0 Å². The molecule has 1 aromatic carbocycles. The molecule has 0 spiro atoms. The molecular formula is C12H15Cl2LiO2P. The van der Waals surface area contributed by atoms with E-state index in [0.29, 0.717) is 21.4 Å². The molecule has 0 amide bonds. The predicted molar refractivity (Wildman–Crippen MR) is 81.2 cm³/mol. The first-order valence-corrected chi connectivity index (χ1v) is 7.38. The zero-order valence-electron chi connectivity index (χ0n) is 10.8. The molecule has 95 valence electrons. The first-order valence-electron chi connectivity index (χ1n) is 5.42. The number of rotatable bonds is 6. The van der Waals surface area contributed by atoms with Crippen LogP contribution in [0.25, 0.3) is 0 Å². The Hall–Kier alpha value is 0.297. The summed E-state index contributed by atoms with van der Waals surface area (Å²) in [5.74, 6) is 0.383. The molecule has 1 rings (SSSR count). The number of carbonyl (C=O) groups is 1. The van der Waals surface area contributed by atoms with Gasteiger partial charge in [-0.25, -0.2) is 0 Å². The van der Waals surface area contributed by atoms with Crippen molar-refractivity contribution in [2.24, 2.45) is 0 Å². The first kappa shape index (κ1) is 18.3. The van der Waals surface area contributed by atoms with Gasteiger partial charge < -0.3 is 4.74 Å². The van der Waals surface area contributed by atoms with Crippen molar-refractivity contribution in [2.45, 2.75) is 19.8 Å². The van der Waals surface area contributed by atoms with Crippen molar-refractivity contribution >= 4 is 56.2 Å². The van der Waals surface area contributed by atoms with Crippen molar-refractivity contribution < 1.29 is 9.53 Å². The monoisotopic (exact) mass is 299 g/mol. The molecule has 0 saturated heterocycles. The molecule has 0 saturated carbocycles. The van der Waals surface area contributed by atoms with Crippen LogP contribution in [-0.4, -0.2) is 37.7 Å². The van der Waals surface area contributed by atoms with Crippen LogP contribution in [0, 0.1) is 0 Å². The Morgan fingerprint density at radius 2 is 1.94 bits per heavy atom. The van der Waals surface area contributed by atoms with E-state index in [9.17, 15) is 4.79 Å². The van der Waals surface area contributed by atoms with E-state index < -0.39 is 0 Å². The summed E-state index contributed by atoms with van der Waals surface area (Å²) < 4.78 is 5.15.